The Balaban J connectivity index is 2.25. The van der Waals surface area contributed by atoms with Gasteiger partial charge in [-0.25, -0.2) is 5.01 Å². The first kappa shape index (κ1) is 38.0. The molecule has 0 aromatic rings. The van der Waals surface area contributed by atoms with Crippen molar-refractivity contribution in [3.63, 3.8) is 0 Å². The highest BCUT2D eigenvalue weighted by Crippen LogP contribution is 2.36. The molecular formula is C34H63N5O5. The maximum atomic E-state index is 14.0. The van der Waals surface area contributed by atoms with Gasteiger partial charge in [-0.05, 0) is 50.4 Å². The molecule has 0 aliphatic heterocycles. The van der Waals surface area contributed by atoms with Crippen LogP contribution >= 0.6 is 0 Å². The number of nitrogens with one attached hydrogen (secondary N) is 2. The highest BCUT2D eigenvalue weighted by Gasteiger charge is 2.41. The number of nitrogens with zero attached hydrogens (tertiary/aromatic N) is 3. The summed E-state index contributed by atoms with van der Waals surface area (Å²) in [5.74, 6) is -0.936. The fourth-order valence-corrected chi connectivity index (χ4v) is 7.03. The third-order valence-electron chi connectivity index (χ3n) is 9.29. The second-order valence-corrected chi connectivity index (χ2v) is 13.9. The minimum atomic E-state index is -0.884. The molecule has 0 spiro atoms. The Bertz CT molecular complexity index is 900. The Hall–Kier alpha value is -2.20. The Morgan fingerprint density at radius 1 is 0.841 bits per heavy atom. The van der Waals surface area contributed by atoms with Crippen molar-refractivity contribution >= 4 is 23.6 Å². The molecule has 3 N–H and O–H groups in total. The summed E-state index contributed by atoms with van der Waals surface area (Å²) in [6.45, 7) is 12.1. The van der Waals surface area contributed by atoms with Gasteiger partial charge in [-0.15, -0.1) is 0 Å². The standard InChI is InChI=1S/C34H63N5O5/c1-8-16-38(17-9-2)34(44)28-21-26(20-27(22-28)33(43)37(6)7)32(42)35-29(19-25-14-12-11-13-15-25)30(40)23-39(10-3)36-31(41)18-24(4)5/h24-30,40H,8-23H2,1-7H3,(H,35,42)(H,36,41). The molecule has 0 aromatic heterocycles. The molecule has 0 saturated heterocycles. The molecule has 10 nitrogen and oxygen atoms in total. The van der Waals surface area contributed by atoms with Gasteiger partial charge in [-0.3, -0.25) is 24.6 Å². The number of hydrogen-bond acceptors (Lipinski definition) is 6. The van der Waals surface area contributed by atoms with Gasteiger partial charge >= 0.3 is 0 Å². The van der Waals surface area contributed by atoms with E-state index in [1.54, 1.807) is 24.0 Å². The Morgan fingerprint density at radius 2 is 1.41 bits per heavy atom. The van der Waals surface area contributed by atoms with Crippen molar-refractivity contribution in [3.8, 4) is 0 Å². The summed E-state index contributed by atoms with van der Waals surface area (Å²) in [6.07, 6.45) is 8.83. The van der Waals surface area contributed by atoms with Gasteiger partial charge in [0.05, 0.1) is 12.1 Å². The molecule has 0 radical (unpaired) electrons. The molecule has 0 bridgehead atoms. The van der Waals surface area contributed by atoms with Crippen molar-refractivity contribution in [2.45, 2.75) is 124 Å². The summed E-state index contributed by atoms with van der Waals surface area (Å²) in [4.78, 5) is 56.7. The topological polar surface area (TPSA) is 122 Å². The van der Waals surface area contributed by atoms with Gasteiger partial charge < -0.3 is 20.2 Å². The smallest absolute Gasteiger partial charge is 0.234 e. The maximum absolute atomic E-state index is 14.0. The van der Waals surface area contributed by atoms with Gasteiger partial charge in [0.25, 0.3) is 0 Å². The quantitative estimate of drug-likeness (QED) is 0.211. The van der Waals surface area contributed by atoms with Crippen molar-refractivity contribution in [1.82, 2.24) is 25.6 Å². The normalized spacial score (nSPS) is 22.4. The van der Waals surface area contributed by atoms with E-state index in [2.05, 4.69) is 24.6 Å². The number of likely N-dealkylation sites (N-methyl/N-ethyl adjacent to an activating group) is 1. The molecule has 44 heavy (non-hydrogen) atoms. The predicted octanol–water partition coefficient (Wildman–Crippen LogP) is 3.97. The van der Waals surface area contributed by atoms with Crippen LogP contribution in [-0.2, 0) is 19.2 Å². The third-order valence-corrected chi connectivity index (χ3v) is 9.29. The summed E-state index contributed by atoms with van der Waals surface area (Å²) in [5, 5.41) is 16.4. The number of aliphatic hydroxyl groups is 1. The number of amides is 4. The first-order chi connectivity index (χ1) is 20.9. The van der Waals surface area contributed by atoms with Crippen LogP contribution in [0.1, 0.15) is 112 Å². The van der Waals surface area contributed by atoms with Crippen LogP contribution in [0.4, 0.5) is 0 Å². The van der Waals surface area contributed by atoms with Crippen molar-refractivity contribution in [3.05, 3.63) is 0 Å². The summed E-state index contributed by atoms with van der Waals surface area (Å²) in [6, 6.07) is -0.489. The Morgan fingerprint density at radius 3 is 1.93 bits per heavy atom. The molecule has 2 aliphatic rings. The molecule has 4 amide bonds. The first-order valence-electron chi connectivity index (χ1n) is 17.4. The van der Waals surface area contributed by atoms with Gasteiger partial charge in [0, 0.05) is 64.4 Å². The zero-order valence-corrected chi connectivity index (χ0v) is 28.8. The summed E-state index contributed by atoms with van der Waals surface area (Å²) in [5.41, 5.74) is 2.92. The molecule has 2 rings (SSSR count). The van der Waals surface area contributed by atoms with Gasteiger partial charge in [0.2, 0.25) is 23.6 Å². The lowest BCUT2D eigenvalue weighted by Crippen LogP contribution is -2.54. The number of carbonyl (C=O) groups is 4. The van der Waals surface area contributed by atoms with Crippen LogP contribution in [0.5, 0.6) is 0 Å². The molecule has 0 aromatic carbocycles. The van der Waals surface area contributed by atoms with E-state index in [0.29, 0.717) is 57.7 Å². The van der Waals surface area contributed by atoms with E-state index >= 15 is 0 Å². The zero-order chi connectivity index (χ0) is 32.8. The number of aliphatic hydroxyl groups excluding tert-OH is 1. The highest BCUT2D eigenvalue weighted by molar-refractivity contribution is 5.86. The molecule has 254 valence electrons. The summed E-state index contributed by atoms with van der Waals surface area (Å²) >= 11 is 0. The monoisotopic (exact) mass is 621 g/mol. The van der Waals surface area contributed by atoms with Crippen LogP contribution in [0.15, 0.2) is 0 Å². The molecule has 0 heterocycles. The second-order valence-electron chi connectivity index (χ2n) is 13.9. The van der Waals surface area contributed by atoms with Crippen LogP contribution in [-0.4, -0.2) is 96.0 Å². The summed E-state index contributed by atoms with van der Waals surface area (Å²) in [7, 11) is 3.44. The summed E-state index contributed by atoms with van der Waals surface area (Å²) < 4.78 is 0. The van der Waals surface area contributed by atoms with Crippen LogP contribution in [0.2, 0.25) is 0 Å². The lowest BCUT2D eigenvalue weighted by atomic mass is 9.73. The molecule has 5 unspecified atom stereocenters. The van der Waals surface area contributed by atoms with E-state index in [0.717, 1.165) is 38.5 Å². The molecule has 2 aliphatic carbocycles. The molecule has 10 heteroatoms. The van der Waals surface area contributed by atoms with E-state index in [9.17, 15) is 24.3 Å². The zero-order valence-electron chi connectivity index (χ0n) is 28.8. The first-order valence-corrected chi connectivity index (χ1v) is 17.4. The second kappa shape index (κ2) is 19.3. The molecule has 5 atom stereocenters. The third kappa shape index (κ3) is 12.3. The molecular weight excluding hydrogens is 558 g/mol. The van der Waals surface area contributed by atoms with Crippen molar-refractivity contribution in [1.29, 1.82) is 0 Å². The van der Waals surface area contributed by atoms with Crippen LogP contribution in [0, 0.1) is 29.6 Å². The Kier molecular flexibility index (Phi) is 16.7. The number of carbonyl (C=O) groups excluding carboxylic acids is 4. The van der Waals surface area contributed by atoms with E-state index < -0.39 is 24.0 Å². The molecule has 2 saturated carbocycles. The molecule has 2 fully saturated rings. The Labute approximate surface area is 267 Å². The highest BCUT2D eigenvalue weighted by atomic mass is 16.3. The van der Waals surface area contributed by atoms with Crippen LogP contribution in [0.25, 0.3) is 0 Å². The van der Waals surface area contributed by atoms with E-state index in [4.69, 9.17) is 0 Å². The van der Waals surface area contributed by atoms with Crippen molar-refractivity contribution in [2.75, 3.05) is 40.3 Å². The van der Waals surface area contributed by atoms with Gasteiger partial charge in [-0.2, -0.15) is 0 Å². The lowest BCUT2D eigenvalue weighted by Gasteiger charge is -2.38. The van der Waals surface area contributed by atoms with Gasteiger partial charge in [-0.1, -0.05) is 66.7 Å². The predicted molar refractivity (Wildman–Crippen MR) is 174 cm³/mol. The fraction of sp³-hybridized carbons (Fsp3) is 0.882. The number of rotatable bonds is 17. The van der Waals surface area contributed by atoms with Crippen LogP contribution in [0.3, 0.4) is 0 Å². The van der Waals surface area contributed by atoms with Gasteiger partial charge in [0.15, 0.2) is 0 Å². The number of hydrazine groups is 1. The van der Waals surface area contributed by atoms with E-state index in [1.807, 2.05) is 25.7 Å². The SMILES string of the molecule is CCCN(CCC)C(=O)C1CC(C(=O)NC(CC2CCCCC2)C(O)CN(CC)NC(=O)CC(C)C)CC(C(=O)N(C)C)C1. The fourth-order valence-electron chi connectivity index (χ4n) is 7.03. The van der Waals surface area contributed by atoms with Crippen LogP contribution < -0.4 is 10.7 Å². The van der Waals surface area contributed by atoms with Crippen molar-refractivity contribution < 1.29 is 24.3 Å². The van der Waals surface area contributed by atoms with E-state index in [-0.39, 0.29) is 42.0 Å². The largest absolute Gasteiger partial charge is 0.390 e. The van der Waals surface area contributed by atoms with E-state index in [1.165, 1.54) is 6.42 Å². The minimum Gasteiger partial charge on any atom is -0.390 e. The maximum Gasteiger partial charge on any atom is 0.234 e. The average Bonchev–Trinajstić information content (AvgIpc) is 2.99. The average molecular weight is 622 g/mol. The lowest BCUT2D eigenvalue weighted by molar-refractivity contribution is -0.143. The van der Waals surface area contributed by atoms with Gasteiger partial charge in [0.1, 0.15) is 0 Å². The number of hydrogen-bond donors (Lipinski definition) is 3. The van der Waals surface area contributed by atoms with Crippen molar-refractivity contribution in [2.24, 2.45) is 29.6 Å². The minimum absolute atomic E-state index is 0.0391.